The highest BCUT2D eigenvalue weighted by Crippen LogP contribution is 2.33. The largest absolute Gasteiger partial charge is 0.445 e. The van der Waals surface area contributed by atoms with Gasteiger partial charge in [0.25, 0.3) is 0 Å². The number of nitrogens with zero attached hydrogens (tertiary/aromatic N) is 3. The van der Waals surface area contributed by atoms with Crippen molar-refractivity contribution in [1.29, 1.82) is 0 Å². The SMILES string of the molecule is CSCCN(C)c1nnc(C(F)(F)F)s1. The lowest BCUT2D eigenvalue weighted by molar-refractivity contribution is -0.138. The van der Waals surface area contributed by atoms with E-state index < -0.39 is 11.2 Å². The van der Waals surface area contributed by atoms with Crippen LogP contribution in [0.25, 0.3) is 0 Å². The third-order valence-electron chi connectivity index (χ3n) is 1.61. The Morgan fingerprint density at radius 3 is 2.53 bits per heavy atom. The number of halogens is 3. The average molecular weight is 257 g/mol. The summed E-state index contributed by atoms with van der Waals surface area (Å²) in [6, 6.07) is 0. The molecule has 3 nitrogen and oxygen atoms in total. The van der Waals surface area contributed by atoms with Gasteiger partial charge in [-0.2, -0.15) is 24.9 Å². The first-order valence-electron chi connectivity index (χ1n) is 4.06. The monoisotopic (exact) mass is 257 g/mol. The van der Waals surface area contributed by atoms with E-state index in [2.05, 4.69) is 10.2 Å². The van der Waals surface area contributed by atoms with Crippen LogP contribution in [0.2, 0.25) is 0 Å². The molecule has 0 bridgehead atoms. The van der Waals surface area contributed by atoms with E-state index in [4.69, 9.17) is 0 Å². The maximum absolute atomic E-state index is 12.2. The number of rotatable bonds is 4. The zero-order valence-electron chi connectivity index (χ0n) is 8.21. The van der Waals surface area contributed by atoms with Crippen molar-refractivity contribution in [3.8, 4) is 0 Å². The number of hydrogen-bond donors (Lipinski definition) is 0. The molecule has 0 fully saturated rings. The Kier molecular flexibility index (Phi) is 4.21. The van der Waals surface area contributed by atoms with E-state index in [1.807, 2.05) is 6.26 Å². The molecule has 0 aliphatic carbocycles. The summed E-state index contributed by atoms with van der Waals surface area (Å²) in [7, 11) is 1.71. The van der Waals surface area contributed by atoms with Gasteiger partial charge in [-0.25, -0.2) is 0 Å². The van der Waals surface area contributed by atoms with Crippen molar-refractivity contribution < 1.29 is 13.2 Å². The first-order chi connectivity index (χ1) is 6.95. The molecular weight excluding hydrogens is 247 g/mol. The highest BCUT2D eigenvalue weighted by molar-refractivity contribution is 7.98. The lowest BCUT2D eigenvalue weighted by atomic mass is 10.7. The van der Waals surface area contributed by atoms with Gasteiger partial charge in [-0.3, -0.25) is 0 Å². The molecule has 8 heteroatoms. The summed E-state index contributed by atoms with van der Waals surface area (Å²) in [5, 5.41) is 6.02. The van der Waals surface area contributed by atoms with E-state index in [0.29, 0.717) is 23.0 Å². The van der Waals surface area contributed by atoms with Gasteiger partial charge in [-0.05, 0) is 6.26 Å². The minimum atomic E-state index is -4.39. The standard InChI is InChI=1S/C7H10F3N3S2/c1-13(3-4-14-2)6-12-11-5(15-6)7(8,9)10/h3-4H2,1-2H3. The van der Waals surface area contributed by atoms with Gasteiger partial charge in [0.2, 0.25) is 10.1 Å². The third kappa shape index (κ3) is 3.53. The van der Waals surface area contributed by atoms with E-state index in [-0.39, 0.29) is 0 Å². The van der Waals surface area contributed by atoms with Gasteiger partial charge in [-0.1, -0.05) is 11.3 Å². The molecule has 0 aliphatic rings. The molecule has 0 unspecified atom stereocenters. The molecule has 1 aromatic heterocycles. The topological polar surface area (TPSA) is 29.0 Å². The summed E-state index contributed by atoms with van der Waals surface area (Å²) in [4.78, 5) is 1.67. The summed E-state index contributed by atoms with van der Waals surface area (Å²) in [5.41, 5.74) is 0. The zero-order chi connectivity index (χ0) is 11.5. The van der Waals surface area contributed by atoms with E-state index >= 15 is 0 Å². The number of hydrogen-bond acceptors (Lipinski definition) is 5. The summed E-state index contributed by atoms with van der Waals surface area (Å²) < 4.78 is 36.6. The molecule has 86 valence electrons. The highest BCUT2D eigenvalue weighted by Gasteiger charge is 2.35. The molecule has 1 aromatic rings. The second kappa shape index (κ2) is 5.02. The van der Waals surface area contributed by atoms with E-state index in [1.54, 1.807) is 23.7 Å². The van der Waals surface area contributed by atoms with Gasteiger partial charge in [0.1, 0.15) is 0 Å². The maximum Gasteiger partial charge on any atom is 0.445 e. The summed E-state index contributed by atoms with van der Waals surface area (Å²) in [6.45, 7) is 0.660. The van der Waals surface area contributed by atoms with E-state index in [9.17, 15) is 13.2 Å². The normalized spacial score (nSPS) is 11.8. The molecule has 0 saturated heterocycles. The van der Waals surface area contributed by atoms with Crippen LogP contribution in [0.15, 0.2) is 0 Å². The second-order valence-corrected chi connectivity index (χ2v) is 4.74. The fraction of sp³-hybridized carbons (Fsp3) is 0.714. The Labute approximate surface area is 93.7 Å². The summed E-state index contributed by atoms with van der Waals surface area (Å²) in [5.74, 6) is 0.845. The van der Waals surface area contributed by atoms with Gasteiger partial charge in [0.05, 0.1) is 0 Å². The molecular formula is C7H10F3N3S2. The van der Waals surface area contributed by atoms with Gasteiger partial charge in [0, 0.05) is 19.3 Å². The zero-order valence-corrected chi connectivity index (χ0v) is 9.84. The molecule has 15 heavy (non-hydrogen) atoms. The van der Waals surface area contributed by atoms with Crippen molar-refractivity contribution in [1.82, 2.24) is 10.2 Å². The average Bonchev–Trinajstić information content (AvgIpc) is 2.62. The molecule has 0 radical (unpaired) electrons. The molecule has 1 heterocycles. The summed E-state index contributed by atoms with van der Waals surface area (Å²) >= 11 is 2.20. The van der Waals surface area contributed by atoms with Crippen LogP contribution in [0.4, 0.5) is 18.3 Å². The minimum Gasteiger partial charge on any atom is -0.349 e. The van der Waals surface area contributed by atoms with Crippen molar-refractivity contribution in [2.45, 2.75) is 6.18 Å². The quantitative estimate of drug-likeness (QED) is 0.828. The van der Waals surface area contributed by atoms with Crippen LogP contribution in [0.3, 0.4) is 0 Å². The van der Waals surface area contributed by atoms with Crippen LogP contribution in [-0.2, 0) is 6.18 Å². The molecule has 0 aliphatic heterocycles. The van der Waals surface area contributed by atoms with Gasteiger partial charge < -0.3 is 4.90 Å². The van der Waals surface area contributed by atoms with Gasteiger partial charge in [0.15, 0.2) is 0 Å². The maximum atomic E-state index is 12.2. The van der Waals surface area contributed by atoms with Crippen molar-refractivity contribution in [2.24, 2.45) is 0 Å². The Bertz CT molecular complexity index is 313. The third-order valence-corrected chi connectivity index (χ3v) is 3.29. The van der Waals surface area contributed by atoms with Gasteiger partial charge in [-0.15, -0.1) is 10.2 Å². The predicted molar refractivity (Wildman–Crippen MR) is 56.6 cm³/mol. The first-order valence-corrected chi connectivity index (χ1v) is 6.27. The molecule has 0 atom stereocenters. The molecule has 0 saturated carbocycles. The Morgan fingerprint density at radius 2 is 2.07 bits per heavy atom. The fourth-order valence-corrected chi connectivity index (χ4v) is 1.96. The van der Waals surface area contributed by atoms with E-state index in [1.165, 1.54) is 0 Å². The lowest BCUT2D eigenvalue weighted by Crippen LogP contribution is -2.19. The van der Waals surface area contributed by atoms with Crippen LogP contribution in [0.1, 0.15) is 5.01 Å². The number of aromatic nitrogens is 2. The Hall–Kier alpha value is -0.500. The Morgan fingerprint density at radius 1 is 1.40 bits per heavy atom. The van der Waals surface area contributed by atoms with Crippen molar-refractivity contribution in [2.75, 3.05) is 30.5 Å². The molecule has 0 aromatic carbocycles. The summed E-state index contributed by atoms with van der Waals surface area (Å²) in [6.07, 6.45) is -2.45. The predicted octanol–water partition coefficient (Wildman–Crippen LogP) is 2.36. The molecule has 0 amide bonds. The molecule has 0 spiro atoms. The lowest BCUT2D eigenvalue weighted by Gasteiger charge is -2.13. The number of thioether (sulfide) groups is 1. The van der Waals surface area contributed by atoms with Crippen molar-refractivity contribution in [3.63, 3.8) is 0 Å². The van der Waals surface area contributed by atoms with Crippen molar-refractivity contribution in [3.05, 3.63) is 5.01 Å². The minimum absolute atomic E-state index is 0.302. The number of alkyl halides is 3. The van der Waals surface area contributed by atoms with Crippen LogP contribution in [0, 0.1) is 0 Å². The number of anilines is 1. The van der Waals surface area contributed by atoms with Crippen molar-refractivity contribution >= 4 is 28.2 Å². The Balaban J connectivity index is 2.67. The highest BCUT2D eigenvalue weighted by atomic mass is 32.2. The smallest absolute Gasteiger partial charge is 0.349 e. The van der Waals surface area contributed by atoms with E-state index in [0.717, 1.165) is 5.75 Å². The fourth-order valence-electron chi connectivity index (χ4n) is 0.808. The van der Waals surface area contributed by atoms with Crippen LogP contribution < -0.4 is 4.90 Å². The second-order valence-electron chi connectivity index (χ2n) is 2.80. The van der Waals surface area contributed by atoms with Crippen LogP contribution in [0.5, 0.6) is 0 Å². The van der Waals surface area contributed by atoms with Crippen LogP contribution >= 0.6 is 23.1 Å². The van der Waals surface area contributed by atoms with Crippen LogP contribution in [-0.4, -0.2) is 35.8 Å². The molecule has 1 rings (SSSR count). The van der Waals surface area contributed by atoms with Gasteiger partial charge >= 0.3 is 6.18 Å². The molecule has 0 N–H and O–H groups in total. The first kappa shape index (κ1) is 12.6.